The van der Waals surface area contributed by atoms with E-state index in [1.807, 2.05) is 0 Å². The van der Waals surface area contributed by atoms with Crippen LogP contribution < -0.4 is 11.1 Å². The largest absolute Gasteiger partial charge is 0.469 e. The van der Waals surface area contributed by atoms with Crippen LogP contribution in [-0.2, 0) is 14.3 Å². The number of hydrogen-bond donors (Lipinski definition) is 3. The van der Waals surface area contributed by atoms with E-state index in [2.05, 4.69) is 22.7 Å². The van der Waals surface area contributed by atoms with Crippen LogP contribution in [0, 0.1) is 0 Å². The highest BCUT2D eigenvalue weighted by molar-refractivity contribution is 7.80. The Morgan fingerprint density at radius 3 is 2.10 bits per heavy atom. The normalized spacial score (nSPS) is 12.0. The van der Waals surface area contributed by atoms with Gasteiger partial charge >= 0.3 is 5.97 Å². The predicted molar refractivity (Wildman–Crippen MR) is 88.4 cm³/mol. The van der Waals surface area contributed by atoms with Gasteiger partial charge in [0, 0.05) is 18.7 Å². The highest BCUT2D eigenvalue weighted by Crippen LogP contribution is 2.09. The molecule has 5 nitrogen and oxygen atoms in total. The number of esters is 1. The first kappa shape index (κ1) is 20.2. The van der Waals surface area contributed by atoms with Crippen LogP contribution in [0.4, 0.5) is 0 Å². The van der Waals surface area contributed by atoms with Crippen molar-refractivity contribution in [3.63, 3.8) is 0 Å². The molecule has 6 heteroatoms. The van der Waals surface area contributed by atoms with E-state index in [9.17, 15) is 9.59 Å². The van der Waals surface area contributed by atoms with Gasteiger partial charge in [0.2, 0.25) is 5.91 Å². The Kier molecular flexibility index (Phi) is 13.7. The zero-order valence-electron chi connectivity index (χ0n) is 13.1. The monoisotopic (exact) mass is 318 g/mol. The number of carbonyl (C=O) groups excluding carboxylic acids is 2. The summed E-state index contributed by atoms with van der Waals surface area (Å²) >= 11 is 3.99. The van der Waals surface area contributed by atoms with E-state index in [1.54, 1.807) is 0 Å². The Morgan fingerprint density at radius 2 is 1.57 bits per heavy atom. The van der Waals surface area contributed by atoms with Gasteiger partial charge in [-0.2, -0.15) is 12.6 Å². The molecule has 124 valence electrons. The second kappa shape index (κ2) is 14.2. The van der Waals surface area contributed by atoms with E-state index in [1.165, 1.54) is 32.8 Å². The molecule has 0 aliphatic rings. The number of ether oxygens (including phenoxy) is 1. The summed E-state index contributed by atoms with van der Waals surface area (Å²) < 4.78 is 4.59. The van der Waals surface area contributed by atoms with Crippen LogP contribution in [0.25, 0.3) is 0 Å². The minimum absolute atomic E-state index is 0.115. The fraction of sp³-hybridized carbons (Fsp3) is 0.867. The summed E-state index contributed by atoms with van der Waals surface area (Å²) in [5.41, 5.74) is 5.55. The first-order valence-electron chi connectivity index (χ1n) is 7.82. The molecule has 0 aromatic rings. The molecule has 1 amide bonds. The third-order valence-corrected chi connectivity index (χ3v) is 3.76. The van der Waals surface area contributed by atoms with E-state index in [0.717, 1.165) is 25.7 Å². The van der Waals surface area contributed by atoms with Crippen molar-refractivity contribution in [3.05, 3.63) is 0 Å². The number of unbranched alkanes of at least 4 members (excludes halogenated alkanes) is 7. The zero-order chi connectivity index (χ0) is 15.9. The number of nitrogens with one attached hydrogen (secondary N) is 1. The third kappa shape index (κ3) is 12.7. The third-order valence-electron chi connectivity index (χ3n) is 3.37. The second-order valence-electron chi connectivity index (χ2n) is 5.23. The van der Waals surface area contributed by atoms with E-state index in [4.69, 9.17) is 5.73 Å². The summed E-state index contributed by atoms with van der Waals surface area (Å²) in [6, 6.07) is -0.502. The fourth-order valence-electron chi connectivity index (χ4n) is 1.98. The molecule has 0 heterocycles. The maximum absolute atomic E-state index is 11.4. The molecule has 0 aliphatic heterocycles. The van der Waals surface area contributed by atoms with Gasteiger partial charge < -0.3 is 15.8 Å². The molecular formula is C15H30N2O3S. The molecule has 0 radical (unpaired) electrons. The van der Waals surface area contributed by atoms with Crippen LogP contribution in [0.1, 0.15) is 57.8 Å². The first-order chi connectivity index (χ1) is 10.1. The molecule has 0 aliphatic carbocycles. The number of nitrogens with two attached hydrogens (primary N) is 1. The van der Waals surface area contributed by atoms with Crippen molar-refractivity contribution >= 4 is 24.5 Å². The van der Waals surface area contributed by atoms with E-state index >= 15 is 0 Å². The molecule has 0 saturated heterocycles. The maximum Gasteiger partial charge on any atom is 0.305 e. The van der Waals surface area contributed by atoms with E-state index < -0.39 is 6.04 Å². The van der Waals surface area contributed by atoms with E-state index in [-0.39, 0.29) is 11.9 Å². The topological polar surface area (TPSA) is 81.4 Å². The van der Waals surface area contributed by atoms with Crippen molar-refractivity contribution in [2.45, 2.75) is 63.8 Å². The fourth-order valence-corrected chi connectivity index (χ4v) is 2.15. The molecule has 0 aromatic heterocycles. The maximum atomic E-state index is 11.4. The number of thiol groups is 1. The lowest BCUT2D eigenvalue weighted by Gasteiger charge is -2.09. The van der Waals surface area contributed by atoms with Gasteiger partial charge in [0.05, 0.1) is 13.2 Å². The minimum atomic E-state index is -0.502. The van der Waals surface area contributed by atoms with Crippen molar-refractivity contribution < 1.29 is 14.3 Å². The molecule has 0 fully saturated rings. The highest BCUT2D eigenvalue weighted by atomic mass is 32.1. The average molecular weight is 318 g/mol. The Labute approximate surface area is 133 Å². The van der Waals surface area contributed by atoms with E-state index in [0.29, 0.717) is 18.7 Å². The van der Waals surface area contributed by atoms with Crippen LogP contribution in [0.2, 0.25) is 0 Å². The Balaban J connectivity index is 3.19. The Bertz CT molecular complexity index is 288. The lowest BCUT2D eigenvalue weighted by atomic mass is 10.1. The quantitative estimate of drug-likeness (QED) is 0.276. The molecular weight excluding hydrogens is 288 g/mol. The standard InChI is InChI=1S/C15H30N2O3S/c1-20-14(18)10-8-6-4-2-3-5-7-9-11-17-15(19)13(16)12-21/h13,21H,2-12,16H2,1H3,(H,17,19). The molecule has 1 unspecified atom stereocenters. The molecule has 0 aromatic carbocycles. The summed E-state index contributed by atoms with van der Waals surface area (Å²) in [5.74, 6) is 0.146. The number of carbonyl (C=O) groups is 2. The summed E-state index contributed by atoms with van der Waals surface area (Å²) in [6.45, 7) is 0.694. The number of amides is 1. The SMILES string of the molecule is COC(=O)CCCCCCCCCCNC(=O)C(N)CS. The van der Waals surface area contributed by atoms with Crippen LogP contribution in [0.5, 0.6) is 0 Å². The summed E-state index contributed by atoms with van der Waals surface area (Å²) in [6.07, 6.45) is 9.43. The van der Waals surface area contributed by atoms with Crippen LogP contribution in [-0.4, -0.2) is 37.3 Å². The lowest BCUT2D eigenvalue weighted by molar-refractivity contribution is -0.140. The molecule has 21 heavy (non-hydrogen) atoms. The van der Waals surface area contributed by atoms with Crippen molar-refractivity contribution in [3.8, 4) is 0 Å². The number of methoxy groups -OCH3 is 1. The molecule has 0 rings (SSSR count). The van der Waals surface area contributed by atoms with Crippen LogP contribution in [0.15, 0.2) is 0 Å². The number of hydrogen-bond acceptors (Lipinski definition) is 5. The summed E-state index contributed by atoms with van der Waals surface area (Å²) in [7, 11) is 1.43. The Morgan fingerprint density at radius 1 is 1.05 bits per heavy atom. The molecule has 0 bridgehead atoms. The summed E-state index contributed by atoms with van der Waals surface area (Å²) in [4.78, 5) is 22.3. The van der Waals surface area contributed by atoms with Crippen molar-refractivity contribution in [1.29, 1.82) is 0 Å². The van der Waals surface area contributed by atoms with Gasteiger partial charge in [-0.25, -0.2) is 0 Å². The van der Waals surface area contributed by atoms with Gasteiger partial charge in [0.25, 0.3) is 0 Å². The van der Waals surface area contributed by atoms with Gasteiger partial charge in [-0.3, -0.25) is 9.59 Å². The molecule has 3 N–H and O–H groups in total. The highest BCUT2D eigenvalue weighted by Gasteiger charge is 2.09. The summed E-state index contributed by atoms with van der Waals surface area (Å²) in [5, 5.41) is 2.81. The van der Waals surface area contributed by atoms with Gasteiger partial charge in [-0.05, 0) is 12.8 Å². The van der Waals surface area contributed by atoms with Crippen LogP contribution >= 0.6 is 12.6 Å². The second-order valence-corrected chi connectivity index (χ2v) is 5.60. The molecule has 0 spiro atoms. The molecule has 1 atom stereocenters. The zero-order valence-corrected chi connectivity index (χ0v) is 14.0. The van der Waals surface area contributed by atoms with Gasteiger partial charge in [-0.1, -0.05) is 38.5 Å². The average Bonchev–Trinajstić information content (AvgIpc) is 2.50. The minimum Gasteiger partial charge on any atom is -0.469 e. The number of rotatable bonds is 13. The lowest BCUT2D eigenvalue weighted by Crippen LogP contribution is -2.42. The van der Waals surface area contributed by atoms with Crippen molar-refractivity contribution in [1.82, 2.24) is 5.32 Å². The predicted octanol–water partition coefficient (Wildman–Crippen LogP) is 2.04. The molecule has 0 saturated carbocycles. The van der Waals surface area contributed by atoms with Crippen molar-refractivity contribution in [2.24, 2.45) is 5.73 Å². The van der Waals surface area contributed by atoms with Gasteiger partial charge in [-0.15, -0.1) is 0 Å². The van der Waals surface area contributed by atoms with Crippen LogP contribution in [0.3, 0.4) is 0 Å². The Hall–Kier alpha value is -0.750. The van der Waals surface area contributed by atoms with Crippen molar-refractivity contribution in [2.75, 3.05) is 19.4 Å². The first-order valence-corrected chi connectivity index (χ1v) is 8.46. The van der Waals surface area contributed by atoms with Gasteiger partial charge in [0.15, 0.2) is 0 Å². The smallest absolute Gasteiger partial charge is 0.305 e. The van der Waals surface area contributed by atoms with Gasteiger partial charge in [0.1, 0.15) is 0 Å².